The second-order valence-electron chi connectivity index (χ2n) is 6.30. The molecule has 118 valence electrons. The molecule has 3 nitrogen and oxygen atoms in total. The van der Waals surface area contributed by atoms with Crippen LogP contribution >= 0.6 is 12.4 Å². The number of carbonyl (C=O) groups excluding carboxylic acids is 1. The zero-order chi connectivity index (χ0) is 14.6. The number of halogens is 1. The molecule has 1 saturated carbocycles. The van der Waals surface area contributed by atoms with Crippen molar-refractivity contribution in [2.45, 2.75) is 44.6 Å². The van der Waals surface area contributed by atoms with Crippen LogP contribution in [0.5, 0.6) is 0 Å². The molecule has 1 aromatic carbocycles. The van der Waals surface area contributed by atoms with Crippen molar-refractivity contribution >= 4 is 18.3 Å². The second kappa shape index (κ2) is 7.81. The van der Waals surface area contributed by atoms with E-state index in [1.54, 1.807) is 0 Å². The molecule has 1 fully saturated rings. The predicted molar refractivity (Wildman–Crippen MR) is 89.6 cm³/mol. The third-order valence-corrected chi connectivity index (χ3v) is 4.51. The van der Waals surface area contributed by atoms with E-state index in [4.69, 9.17) is 5.73 Å². The molecule has 0 aromatic heterocycles. The average molecular weight is 311 g/mol. The molecule has 21 heavy (non-hydrogen) atoms. The summed E-state index contributed by atoms with van der Waals surface area (Å²) in [7, 11) is 1.90. The average Bonchev–Trinajstić information content (AvgIpc) is 2.44. The number of nitrogens with two attached hydrogens (primary N) is 1. The summed E-state index contributed by atoms with van der Waals surface area (Å²) >= 11 is 0. The third-order valence-electron chi connectivity index (χ3n) is 4.51. The molecule has 1 aliphatic carbocycles. The van der Waals surface area contributed by atoms with Gasteiger partial charge in [-0.05, 0) is 31.7 Å². The zero-order valence-corrected chi connectivity index (χ0v) is 13.9. The summed E-state index contributed by atoms with van der Waals surface area (Å²) in [5.41, 5.74) is 7.25. The predicted octanol–water partition coefficient (Wildman–Crippen LogP) is 3.02. The highest BCUT2D eigenvalue weighted by Crippen LogP contribution is 2.32. The van der Waals surface area contributed by atoms with Gasteiger partial charge in [-0.2, -0.15) is 0 Å². The molecule has 1 amide bonds. The summed E-state index contributed by atoms with van der Waals surface area (Å²) < 4.78 is 0. The lowest BCUT2D eigenvalue weighted by Gasteiger charge is -2.39. The van der Waals surface area contributed by atoms with Crippen LogP contribution in [0.4, 0.5) is 0 Å². The Morgan fingerprint density at radius 1 is 1.33 bits per heavy atom. The van der Waals surface area contributed by atoms with Crippen LogP contribution in [0.15, 0.2) is 30.3 Å². The van der Waals surface area contributed by atoms with Crippen LogP contribution in [0.2, 0.25) is 0 Å². The van der Waals surface area contributed by atoms with Gasteiger partial charge in [-0.15, -0.1) is 12.4 Å². The minimum atomic E-state index is -0.337. The molecule has 1 aliphatic rings. The first-order valence-corrected chi connectivity index (χ1v) is 7.58. The van der Waals surface area contributed by atoms with Crippen molar-refractivity contribution in [3.63, 3.8) is 0 Å². The maximum Gasteiger partial charge on any atom is 0.227 e. The van der Waals surface area contributed by atoms with E-state index < -0.39 is 0 Å². The number of hydrogen-bond acceptors (Lipinski definition) is 2. The van der Waals surface area contributed by atoms with Gasteiger partial charge in [-0.1, -0.05) is 43.2 Å². The third kappa shape index (κ3) is 4.72. The largest absolute Gasteiger partial charge is 0.345 e. The first-order chi connectivity index (χ1) is 9.50. The minimum Gasteiger partial charge on any atom is -0.345 e. The van der Waals surface area contributed by atoms with Crippen molar-refractivity contribution < 1.29 is 4.79 Å². The molecule has 0 saturated heterocycles. The van der Waals surface area contributed by atoms with Gasteiger partial charge in [0.15, 0.2) is 0 Å². The van der Waals surface area contributed by atoms with E-state index in [9.17, 15) is 4.79 Å². The van der Waals surface area contributed by atoms with Crippen molar-refractivity contribution in [1.29, 1.82) is 0 Å². The number of benzene rings is 1. The van der Waals surface area contributed by atoms with Crippen LogP contribution in [0, 0.1) is 5.92 Å². The van der Waals surface area contributed by atoms with E-state index in [2.05, 4.69) is 12.1 Å². The molecule has 2 N–H and O–H groups in total. The topological polar surface area (TPSA) is 46.3 Å². The van der Waals surface area contributed by atoms with Gasteiger partial charge in [-0.25, -0.2) is 0 Å². The van der Waals surface area contributed by atoms with Gasteiger partial charge < -0.3 is 10.6 Å². The Morgan fingerprint density at radius 3 is 2.62 bits per heavy atom. The quantitative estimate of drug-likeness (QED) is 0.929. The number of hydrogen-bond donors (Lipinski definition) is 1. The molecular weight excluding hydrogens is 284 g/mol. The minimum absolute atomic E-state index is 0. The smallest absolute Gasteiger partial charge is 0.227 e. The Hall–Kier alpha value is -1.06. The molecule has 0 spiro atoms. The maximum absolute atomic E-state index is 12.6. The molecule has 1 aromatic rings. The summed E-state index contributed by atoms with van der Waals surface area (Å²) in [4.78, 5) is 14.4. The molecule has 2 atom stereocenters. The molecule has 2 rings (SSSR count). The van der Waals surface area contributed by atoms with Gasteiger partial charge >= 0.3 is 0 Å². The lowest BCUT2D eigenvalue weighted by molar-refractivity contribution is -0.137. The van der Waals surface area contributed by atoms with Gasteiger partial charge in [-0.3, -0.25) is 4.79 Å². The highest BCUT2D eigenvalue weighted by molar-refractivity contribution is 5.85. The van der Waals surface area contributed by atoms with Crippen LogP contribution in [0.25, 0.3) is 0 Å². The second-order valence-corrected chi connectivity index (χ2v) is 6.30. The highest BCUT2D eigenvalue weighted by atomic mass is 35.5. The summed E-state index contributed by atoms with van der Waals surface area (Å²) in [6.07, 6.45) is 5.05. The molecule has 4 heteroatoms. The molecular formula is C17H27ClN2O. The molecule has 0 aliphatic heterocycles. The fraction of sp³-hybridized carbons (Fsp3) is 0.588. The lowest BCUT2D eigenvalue weighted by Crippen LogP contribution is -2.53. The Morgan fingerprint density at radius 2 is 2.00 bits per heavy atom. The van der Waals surface area contributed by atoms with E-state index in [1.165, 1.54) is 5.56 Å². The van der Waals surface area contributed by atoms with Crippen LogP contribution < -0.4 is 5.73 Å². The lowest BCUT2D eigenvalue weighted by atomic mass is 9.74. The Labute approximate surface area is 134 Å². The van der Waals surface area contributed by atoms with E-state index >= 15 is 0 Å². The Balaban J connectivity index is 0.00000220. The first-order valence-electron chi connectivity index (χ1n) is 7.58. The summed E-state index contributed by atoms with van der Waals surface area (Å²) in [5, 5.41) is 0. The normalized spacial score (nSPS) is 25.0. The van der Waals surface area contributed by atoms with Crippen LogP contribution in [0.1, 0.15) is 38.2 Å². The molecule has 0 radical (unpaired) electrons. The van der Waals surface area contributed by atoms with Gasteiger partial charge in [0.2, 0.25) is 5.91 Å². The molecule has 2 unspecified atom stereocenters. The monoisotopic (exact) mass is 310 g/mol. The number of nitrogens with zero attached hydrogens (tertiary/aromatic N) is 1. The van der Waals surface area contributed by atoms with Crippen molar-refractivity contribution in [3.8, 4) is 0 Å². The first kappa shape index (κ1) is 18.0. The van der Waals surface area contributed by atoms with Crippen molar-refractivity contribution in [1.82, 2.24) is 4.90 Å². The van der Waals surface area contributed by atoms with E-state index in [1.807, 2.05) is 37.1 Å². The van der Waals surface area contributed by atoms with Crippen LogP contribution in [-0.2, 0) is 11.2 Å². The van der Waals surface area contributed by atoms with Crippen LogP contribution in [0.3, 0.4) is 0 Å². The number of carbonyl (C=O) groups is 1. The van der Waals surface area contributed by atoms with E-state index in [-0.39, 0.29) is 29.8 Å². The summed E-state index contributed by atoms with van der Waals surface area (Å²) in [6.45, 7) is 2.79. The highest BCUT2D eigenvalue weighted by Gasteiger charge is 2.38. The standard InChI is InChI=1S/C17H26N2O.ClH/c1-17(18)12-7-6-10-15(17)16(20)19(2)13-11-14-8-4-3-5-9-14;/h3-5,8-9,15H,6-7,10-13,18H2,1-2H3;1H. The van der Waals surface area contributed by atoms with Gasteiger partial charge in [0.05, 0.1) is 5.92 Å². The Bertz CT molecular complexity index is 447. The van der Waals surface area contributed by atoms with E-state index in [0.717, 1.165) is 38.6 Å². The fourth-order valence-electron chi connectivity index (χ4n) is 3.08. The van der Waals surface area contributed by atoms with Crippen molar-refractivity contribution in [2.24, 2.45) is 11.7 Å². The SMILES string of the molecule is CN(CCc1ccccc1)C(=O)C1CCCCC1(C)N.Cl. The van der Waals surface area contributed by atoms with Crippen LogP contribution in [-0.4, -0.2) is 29.9 Å². The van der Waals surface area contributed by atoms with Gasteiger partial charge in [0.1, 0.15) is 0 Å². The van der Waals surface area contributed by atoms with E-state index in [0.29, 0.717) is 0 Å². The zero-order valence-electron chi connectivity index (χ0n) is 13.0. The van der Waals surface area contributed by atoms with Gasteiger partial charge in [0, 0.05) is 19.1 Å². The summed E-state index contributed by atoms with van der Waals surface area (Å²) in [5.74, 6) is 0.197. The van der Waals surface area contributed by atoms with Crippen molar-refractivity contribution in [2.75, 3.05) is 13.6 Å². The Kier molecular flexibility index (Phi) is 6.69. The number of likely N-dealkylation sites (N-methyl/N-ethyl adjacent to an activating group) is 1. The molecule has 0 bridgehead atoms. The summed E-state index contributed by atoms with van der Waals surface area (Å²) in [6, 6.07) is 10.3. The number of amides is 1. The van der Waals surface area contributed by atoms with Crippen molar-refractivity contribution in [3.05, 3.63) is 35.9 Å². The maximum atomic E-state index is 12.6. The fourth-order valence-corrected chi connectivity index (χ4v) is 3.08. The van der Waals surface area contributed by atoms with Gasteiger partial charge in [0.25, 0.3) is 0 Å². The molecule has 0 heterocycles. The number of rotatable bonds is 4.